The normalized spacial score (nSPS) is 19.8. The molecule has 5 rings (SSSR count). The van der Waals surface area contributed by atoms with Gasteiger partial charge in [-0.15, -0.1) is 0 Å². The Kier molecular flexibility index (Phi) is 3.82. The molecule has 2 aromatic heterocycles. The molecule has 0 radical (unpaired) electrons. The van der Waals surface area contributed by atoms with Crippen LogP contribution in [0.5, 0.6) is 0 Å². The number of fused-ring (bicyclic) bond motifs is 1. The van der Waals surface area contributed by atoms with E-state index in [1.807, 2.05) is 12.4 Å². The topological polar surface area (TPSA) is 44.0 Å². The lowest BCUT2D eigenvalue weighted by atomic mass is 10.00. The Hall–Kier alpha value is -3.27. The van der Waals surface area contributed by atoms with Crippen LogP contribution in [0.1, 0.15) is 30.0 Å². The molecule has 0 saturated carbocycles. The predicted octanol–water partition coefficient (Wildman–Crippen LogP) is 4.74. The molecule has 1 unspecified atom stereocenters. The summed E-state index contributed by atoms with van der Waals surface area (Å²) in [5.41, 5.74) is 5.55. The molecule has 0 aliphatic carbocycles. The molecule has 0 amide bonds. The number of pyridine rings is 1. The van der Waals surface area contributed by atoms with Crippen LogP contribution in [-0.4, -0.2) is 21.4 Å². The first-order valence-corrected chi connectivity index (χ1v) is 9.43. The van der Waals surface area contributed by atoms with Gasteiger partial charge < -0.3 is 15.2 Å². The van der Waals surface area contributed by atoms with Gasteiger partial charge in [0.05, 0.1) is 6.04 Å². The van der Waals surface area contributed by atoms with Crippen molar-refractivity contribution in [1.82, 2.24) is 20.2 Å². The van der Waals surface area contributed by atoms with Crippen LogP contribution in [0.15, 0.2) is 85.1 Å². The summed E-state index contributed by atoms with van der Waals surface area (Å²) in [6, 6.07) is 15.3. The monoisotopic (exact) mass is 354 g/mol. The van der Waals surface area contributed by atoms with Gasteiger partial charge >= 0.3 is 0 Å². The van der Waals surface area contributed by atoms with Gasteiger partial charge in [-0.3, -0.25) is 0 Å². The van der Waals surface area contributed by atoms with E-state index in [0.29, 0.717) is 6.04 Å². The van der Waals surface area contributed by atoms with Gasteiger partial charge in [0, 0.05) is 30.0 Å². The number of dihydropyridines is 1. The Bertz CT molecular complexity index is 1060. The molecule has 1 fully saturated rings. The number of H-pyrrole nitrogens is 1. The van der Waals surface area contributed by atoms with Crippen LogP contribution < -0.4 is 5.32 Å². The Morgan fingerprint density at radius 1 is 1.07 bits per heavy atom. The number of hydrogen-bond donors (Lipinski definition) is 2. The number of hydrogen-bond acceptors (Lipinski definition) is 3. The zero-order valence-corrected chi connectivity index (χ0v) is 15.2. The van der Waals surface area contributed by atoms with Crippen molar-refractivity contribution < 1.29 is 0 Å². The molecular formula is C23H22N4. The average Bonchev–Trinajstić information content (AvgIpc) is 3.37. The number of nitrogens with one attached hydrogen (secondary N) is 2. The van der Waals surface area contributed by atoms with E-state index in [0.717, 1.165) is 29.1 Å². The predicted molar refractivity (Wildman–Crippen MR) is 110 cm³/mol. The maximum absolute atomic E-state index is 4.41. The maximum Gasteiger partial charge on any atom is 0.137 e. The number of aromatic amines is 1. The number of likely N-dealkylation sites (tertiary alicyclic amines) is 1. The van der Waals surface area contributed by atoms with Gasteiger partial charge in [-0.25, -0.2) is 4.98 Å². The van der Waals surface area contributed by atoms with Crippen LogP contribution in [0.25, 0.3) is 16.6 Å². The minimum atomic E-state index is 0.404. The third kappa shape index (κ3) is 2.83. The highest BCUT2D eigenvalue weighted by Crippen LogP contribution is 2.37. The minimum Gasteiger partial charge on any atom is -0.351 e. The van der Waals surface area contributed by atoms with E-state index >= 15 is 0 Å². The Labute approximate surface area is 158 Å². The molecule has 1 saturated heterocycles. The van der Waals surface area contributed by atoms with E-state index in [1.54, 1.807) is 0 Å². The number of nitrogens with zero attached hydrogens (tertiary/aromatic N) is 2. The molecule has 2 N–H and O–H groups in total. The highest BCUT2D eigenvalue weighted by atomic mass is 15.3. The zero-order chi connectivity index (χ0) is 18.2. The maximum atomic E-state index is 4.41. The fraction of sp³-hybridized carbons (Fsp3) is 0.174. The molecule has 1 aromatic carbocycles. The fourth-order valence-corrected chi connectivity index (χ4v) is 4.21. The summed E-state index contributed by atoms with van der Waals surface area (Å²) < 4.78 is 0. The minimum absolute atomic E-state index is 0.404. The molecule has 27 heavy (non-hydrogen) atoms. The second kappa shape index (κ2) is 6.47. The molecular weight excluding hydrogens is 332 g/mol. The van der Waals surface area contributed by atoms with Gasteiger partial charge in [-0.05, 0) is 53.8 Å². The zero-order valence-electron chi connectivity index (χ0n) is 15.2. The van der Waals surface area contributed by atoms with Crippen molar-refractivity contribution in [3.8, 4) is 0 Å². The molecule has 134 valence electrons. The van der Waals surface area contributed by atoms with E-state index in [4.69, 9.17) is 0 Å². The molecule has 4 nitrogen and oxygen atoms in total. The fourth-order valence-electron chi connectivity index (χ4n) is 4.21. The Balaban J connectivity index is 1.54. The van der Waals surface area contributed by atoms with Crippen molar-refractivity contribution in [2.45, 2.75) is 18.9 Å². The van der Waals surface area contributed by atoms with Gasteiger partial charge in [0.15, 0.2) is 0 Å². The summed E-state index contributed by atoms with van der Waals surface area (Å²) in [5.74, 6) is 1.13. The SMILES string of the molecule is C=C1C=C(c2ccnc3[nH]ccc23)C=C(N2CCCC2c2ccccc2)N1. The second-order valence-electron chi connectivity index (χ2n) is 7.14. The average molecular weight is 354 g/mol. The summed E-state index contributed by atoms with van der Waals surface area (Å²) in [5, 5.41) is 4.63. The summed E-state index contributed by atoms with van der Waals surface area (Å²) >= 11 is 0. The lowest BCUT2D eigenvalue weighted by Crippen LogP contribution is -2.32. The summed E-state index contributed by atoms with van der Waals surface area (Å²) in [6.07, 6.45) is 10.5. The second-order valence-corrected chi connectivity index (χ2v) is 7.14. The van der Waals surface area contributed by atoms with Crippen LogP contribution in [0.3, 0.4) is 0 Å². The van der Waals surface area contributed by atoms with Crippen molar-refractivity contribution in [2.75, 3.05) is 6.54 Å². The van der Waals surface area contributed by atoms with Crippen LogP contribution >= 0.6 is 0 Å². The third-order valence-corrected chi connectivity index (χ3v) is 5.43. The quantitative estimate of drug-likeness (QED) is 0.714. The number of rotatable bonds is 3. The van der Waals surface area contributed by atoms with E-state index < -0.39 is 0 Å². The summed E-state index contributed by atoms with van der Waals surface area (Å²) in [7, 11) is 0. The smallest absolute Gasteiger partial charge is 0.137 e. The molecule has 4 heteroatoms. The number of allylic oxidation sites excluding steroid dienone is 3. The first kappa shape index (κ1) is 15.9. The third-order valence-electron chi connectivity index (χ3n) is 5.43. The Morgan fingerprint density at radius 3 is 2.85 bits per heavy atom. The van der Waals surface area contributed by atoms with E-state index in [9.17, 15) is 0 Å². The number of aromatic nitrogens is 2. The van der Waals surface area contributed by atoms with Gasteiger partial charge in [0.25, 0.3) is 0 Å². The van der Waals surface area contributed by atoms with Crippen molar-refractivity contribution in [3.63, 3.8) is 0 Å². The van der Waals surface area contributed by atoms with Crippen LogP contribution in [-0.2, 0) is 0 Å². The summed E-state index contributed by atoms with van der Waals surface area (Å²) in [4.78, 5) is 10.1. The van der Waals surface area contributed by atoms with Gasteiger partial charge in [-0.1, -0.05) is 36.9 Å². The standard InChI is InChI=1S/C23H22N4/c1-16-14-18(19-9-11-24-23-20(19)10-12-25-23)15-22(26-16)27-13-5-8-21(27)17-6-3-2-4-7-17/h2-4,6-7,9-12,14-15,21,26H,1,5,8,13H2,(H,24,25). The lowest BCUT2D eigenvalue weighted by Gasteiger charge is -2.32. The van der Waals surface area contributed by atoms with E-state index in [1.165, 1.54) is 29.5 Å². The van der Waals surface area contributed by atoms with Gasteiger partial charge in [-0.2, -0.15) is 0 Å². The molecule has 4 heterocycles. The molecule has 0 bridgehead atoms. The molecule has 0 spiro atoms. The first-order valence-electron chi connectivity index (χ1n) is 9.43. The van der Waals surface area contributed by atoms with Crippen molar-refractivity contribution in [3.05, 3.63) is 96.2 Å². The van der Waals surface area contributed by atoms with Crippen LogP contribution in [0, 0.1) is 0 Å². The van der Waals surface area contributed by atoms with Crippen molar-refractivity contribution in [1.29, 1.82) is 0 Å². The molecule has 2 aliphatic rings. The van der Waals surface area contributed by atoms with Crippen LogP contribution in [0.2, 0.25) is 0 Å². The van der Waals surface area contributed by atoms with Gasteiger partial charge in [0.2, 0.25) is 0 Å². The largest absolute Gasteiger partial charge is 0.351 e. The highest BCUT2D eigenvalue weighted by Gasteiger charge is 2.29. The van der Waals surface area contributed by atoms with Crippen molar-refractivity contribution in [2.24, 2.45) is 0 Å². The molecule has 2 aliphatic heterocycles. The highest BCUT2D eigenvalue weighted by molar-refractivity contribution is 5.94. The van der Waals surface area contributed by atoms with Crippen molar-refractivity contribution >= 4 is 16.6 Å². The van der Waals surface area contributed by atoms with Crippen LogP contribution in [0.4, 0.5) is 0 Å². The lowest BCUT2D eigenvalue weighted by molar-refractivity contribution is 0.310. The molecule has 1 atom stereocenters. The van der Waals surface area contributed by atoms with Gasteiger partial charge in [0.1, 0.15) is 11.5 Å². The summed E-state index contributed by atoms with van der Waals surface area (Å²) in [6.45, 7) is 5.25. The van der Waals surface area contributed by atoms with E-state index in [2.05, 4.69) is 81.4 Å². The number of benzene rings is 1. The Morgan fingerprint density at radius 2 is 1.96 bits per heavy atom. The van der Waals surface area contributed by atoms with E-state index in [-0.39, 0.29) is 0 Å². The molecule has 3 aromatic rings. The first-order chi connectivity index (χ1) is 13.3.